The highest BCUT2D eigenvalue weighted by Crippen LogP contribution is 2.18. The molecular formula is C19H28N2O2. The van der Waals surface area contributed by atoms with Crippen molar-refractivity contribution < 1.29 is 9.59 Å². The van der Waals surface area contributed by atoms with Gasteiger partial charge in [-0.05, 0) is 31.7 Å². The molecule has 126 valence electrons. The number of piperidine rings is 1. The van der Waals surface area contributed by atoms with Gasteiger partial charge in [0.2, 0.25) is 11.8 Å². The molecule has 0 spiro atoms. The monoisotopic (exact) mass is 316 g/mol. The van der Waals surface area contributed by atoms with E-state index in [1.54, 1.807) is 0 Å². The maximum Gasteiger partial charge on any atom is 0.226 e. The van der Waals surface area contributed by atoms with Gasteiger partial charge in [-0.25, -0.2) is 0 Å². The minimum atomic E-state index is 0.0651. The molecule has 0 radical (unpaired) electrons. The number of benzene rings is 1. The average molecular weight is 316 g/mol. The second-order valence-corrected chi connectivity index (χ2v) is 6.46. The van der Waals surface area contributed by atoms with E-state index in [4.69, 9.17) is 0 Å². The molecule has 1 aliphatic rings. The number of unbranched alkanes of at least 4 members (excludes halogenated alkanes) is 1. The van der Waals surface area contributed by atoms with Crippen LogP contribution in [0.15, 0.2) is 24.3 Å². The first-order valence-electron chi connectivity index (χ1n) is 8.71. The molecule has 0 atom stereocenters. The Morgan fingerprint density at radius 1 is 1.17 bits per heavy atom. The van der Waals surface area contributed by atoms with Crippen molar-refractivity contribution in [3.8, 4) is 0 Å². The lowest BCUT2D eigenvalue weighted by Crippen LogP contribution is -2.43. The maximum absolute atomic E-state index is 12.4. The molecule has 0 saturated carbocycles. The van der Waals surface area contributed by atoms with Crippen LogP contribution in [0.2, 0.25) is 0 Å². The molecule has 1 heterocycles. The first-order chi connectivity index (χ1) is 11.1. The summed E-state index contributed by atoms with van der Waals surface area (Å²) in [6, 6.07) is 8.10. The Hall–Kier alpha value is -1.84. The molecule has 4 nitrogen and oxygen atoms in total. The number of carbonyl (C=O) groups is 2. The first-order valence-corrected chi connectivity index (χ1v) is 8.71. The van der Waals surface area contributed by atoms with Crippen LogP contribution in [0.5, 0.6) is 0 Å². The molecule has 2 amide bonds. The molecule has 0 aromatic heterocycles. The number of hydrogen-bond donors (Lipinski definition) is 1. The summed E-state index contributed by atoms with van der Waals surface area (Å²) in [6.07, 6.45) is 4.12. The maximum atomic E-state index is 12.4. The topological polar surface area (TPSA) is 49.4 Å². The summed E-state index contributed by atoms with van der Waals surface area (Å²) in [6.45, 7) is 6.31. The van der Waals surface area contributed by atoms with E-state index in [2.05, 4.69) is 12.2 Å². The Kier molecular flexibility index (Phi) is 6.63. The third-order valence-corrected chi connectivity index (χ3v) is 4.52. The van der Waals surface area contributed by atoms with Gasteiger partial charge < -0.3 is 10.2 Å². The van der Waals surface area contributed by atoms with Gasteiger partial charge in [-0.3, -0.25) is 9.59 Å². The number of nitrogens with one attached hydrogen (secondary N) is 1. The Labute approximate surface area is 139 Å². The molecule has 1 saturated heterocycles. The molecule has 1 aromatic rings. The lowest BCUT2D eigenvalue weighted by Gasteiger charge is -2.31. The zero-order chi connectivity index (χ0) is 16.7. The van der Waals surface area contributed by atoms with Crippen LogP contribution in [0, 0.1) is 12.8 Å². The number of carbonyl (C=O) groups excluding carboxylic acids is 2. The predicted molar refractivity (Wildman–Crippen MR) is 92.1 cm³/mol. The van der Waals surface area contributed by atoms with Gasteiger partial charge in [0.1, 0.15) is 0 Å². The summed E-state index contributed by atoms with van der Waals surface area (Å²) >= 11 is 0. The van der Waals surface area contributed by atoms with Crippen molar-refractivity contribution in [1.29, 1.82) is 0 Å². The molecule has 1 fully saturated rings. The number of likely N-dealkylation sites (tertiary alicyclic amines) is 1. The predicted octanol–water partition coefficient (Wildman–Crippen LogP) is 2.69. The summed E-state index contributed by atoms with van der Waals surface area (Å²) in [7, 11) is 0. The third kappa shape index (κ3) is 5.38. The highest BCUT2D eigenvalue weighted by molar-refractivity contribution is 5.81. The van der Waals surface area contributed by atoms with Gasteiger partial charge >= 0.3 is 0 Å². The van der Waals surface area contributed by atoms with Crippen molar-refractivity contribution in [2.75, 3.05) is 19.6 Å². The quantitative estimate of drug-likeness (QED) is 0.820. The Bertz CT molecular complexity index is 517. The van der Waals surface area contributed by atoms with Crippen LogP contribution >= 0.6 is 0 Å². The van der Waals surface area contributed by atoms with Crippen LogP contribution in [0.1, 0.15) is 43.7 Å². The number of nitrogens with zero attached hydrogens (tertiary/aromatic N) is 1. The fourth-order valence-corrected chi connectivity index (χ4v) is 2.92. The van der Waals surface area contributed by atoms with Crippen molar-refractivity contribution >= 4 is 11.8 Å². The minimum absolute atomic E-state index is 0.0651. The minimum Gasteiger partial charge on any atom is -0.356 e. The molecule has 1 aromatic carbocycles. The molecule has 1 aliphatic heterocycles. The van der Waals surface area contributed by atoms with Crippen LogP contribution in [0.25, 0.3) is 0 Å². The fraction of sp³-hybridized carbons (Fsp3) is 0.579. The molecule has 0 aliphatic carbocycles. The van der Waals surface area contributed by atoms with Crippen LogP contribution in [-0.4, -0.2) is 36.3 Å². The Morgan fingerprint density at radius 3 is 2.43 bits per heavy atom. The fourth-order valence-electron chi connectivity index (χ4n) is 2.92. The molecule has 2 rings (SSSR count). The molecule has 23 heavy (non-hydrogen) atoms. The van der Waals surface area contributed by atoms with E-state index in [0.717, 1.165) is 37.8 Å². The van der Waals surface area contributed by atoms with Gasteiger partial charge in [-0.1, -0.05) is 43.2 Å². The second kappa shape index (κ2) is 8.70. The second-order valence-electron chi connectivity index (χ2n) is 6.46. The highest BCUT2D eigenvalue weighted by atomic mass is 16.2. The van der Waals surface area contributed by atoms with Gasteiger partial charge in [0.25, 0.3) is 0 Å². The van der Waals surface area contributed by atoms with E-state index in [0.29, 0.717) is 19.5 Å². The molecule has 0 unspecified atom stereocenters. The largest absolute Gasteiger partial charge is 0.356 e. The first kappa shape index (κ1) is 17.5. The summed E-state index contributed by atoms with van der Waals surface area (Å²) < 4.78 is 0. The standard InChI is InChI=1S/C19H28N2O2/c1-3-4-11-20-19(23)17-9-12-21(13-10-17)18(22)14-16-7-5-15(2)6-8-16/h5-8,17H,3-4,9-14H2,1-2H3,(H,20,23). The third-order valence-electron chi connectivity index (χ3n) is 4.52. The van der Waals surface area contributed by atoms with Crippen molar-refractivity contribution in [2.45, 2.75) is 46.0 Å². The van der Waals surface area contributed by atoms with Crippen LogP contribution in [-0.2, 0) is 16.0 Å². The summed E-state index contributed by atoms with van der Waals surface area (Å²) in [5.41, 5.74) is 2.26. The van der Waals surface area contributed by atoms with Crippen LogP contribution in [0.3, 0.4) is 0 Å². The van der Waals surface area contributed by atoms with Gasteiger partial charge in [0.05, 0.1) is 6.42 Å². The molecule has 4 heteroatoms. The summed E-state index contributed by atoms with van der Waals surface area (Å²) in [5.74, 6) is 0.387. The number of aryl methyl sites for hydroxylation is 1. The van der Waals surface area contributed by atoms with E-state index in [9.17, 15) is 9.59 Å². The van der Waals surface area contributed by atoms with Gasteiger partial charge in [0.15, 0.2) is 0 Å². The zero-order valence-electron chi connectivity index (χ0n) is 14.3. The Morgan fingerprint density at radius 2 is 1.83 bits per heavy atom. The van der Waals surface area contributed by atoms with E-state index in [-0.39, 0.29) is 17.7 Å². The van der Waals surface area contributed by atoms with Crippen molar-refractivity contribution in [3.63, 3.8) is 0 Å². The highest BCUT2D eigenvalue weighted by Gasteiger charge is 2.26. The molecule has 1 N–H and O–H groups in total. The molecular weight excluding hydrogens is 288 g/mol. The van der Waals surface area contributed by atoms with Crippen molar-refractivity contribution in [3.05, 3.63) is 35.4 Å². The smallest absolute Gasteiger partial charge is 0.226 e. The van der Waals surface area contributed by atoms with Crippen molar-refractivity contribution in [1.82, 2.24) is 10.2 Å². The Balaban J connectivity index is 1.76. The lowest BCUT2D eigenvalue weighted by molar-refractivity contribution is -0.135. The van der Waals surface area contributed by atoms with Gasteiger partial charge in [0, 0.05) is 25.6 Å². The van der Waals surface area contributed by atoms with E-state index in [1.165, 1.54) is 5.56 Å². The lowest BCUT2D eigenvalue weighted by atomic mass is 9.95. The van der Waals surface area contributed by atoms with Crippen LogP contribution in [0.4, 0.5) is 0 Å². The van der Waals surface area contributed by atoms with Gasteiger partial charge in [-0.15, -0.1) is 0 Å². The SMILES string of the molecule is CCCCNC(=O)C1CCN(C(=O)Cc2ccc(C)cc2)CC1. The molecule has 0 bridgehead atoms. The normalized spacial score (nSPS) is 15.5. The van der Waals surface area contributed by atoms with Crippen LogP contribution < -0.4 is 5.32 Å². The average Bonchev–Trinajstić information content (AvgIpc) is 2.57. The van der Waals surface area contributed by atoms with Gasteiger partial charge in [-0.2, -0.15) is 0 Å². The van der Waals surface area contributed by atoms with E-state index < -0.39 is 0 Å². The zero-order valence-corrected chi connectivity index (χ0v) is 14.3. The van der Waals surface area contributed by atoms with E-state index in [1.807, 2.05) is 36.1 Å². The number of rotatable bonds is 6. The van der Waals surface area contributed by atoms with E-state index >= 15 is 0 Å². The summed E-state index contributed by atoms with van der Waals surface area (Å²) in [4.78, 5) is 26.3. The number of hydrogen-bond acceptors (Lipinski definition) is 2. The number of amides is 2. The summed E-state index contributed by atoms with van der Waals surface area (Å²) in [5, 5.41) is 3.00. The van der Waals surface area contributed by atoms with Crippen molar-refractivity contribution in [2.24, 2.45) is 5.92 Å².